The predicted octanol–water partition coefficient (Wildman–Crippen LogP) is 0.892. The van der Waals surface area contributed by atoms with Crippen LogP contribution in [0.15, 0.2) is 0 Å². The maximum atomic E-state index is 11.3. The zero-order valence-corrected chi connectivity index (χ0v) is 12.1. The number of nitrogens with zero attached hydrogens (tertiary/aromatic N) is 1. The molecular formula is C8H12NOSU-. The van der Waals surface area contributed by atoms with Gasteiger partial charge in [0.2, 0.25) is 5.91 Å². The van der Waals surface area contributed by atoms with Crippen LogP contribution in [0.2, 0.25) is 0 Å². The quantitative estimate of drug-likeness (QED) is 0.556. The first-order valence-electron chi connectivity index (χ1n) is 4.13. The van der Waals surface area contributed by atoms with Gasteiger partial charge in [-0.15, -0.1) is 0 Å². The molecule has 0 aromatic rings. The first kappa shape index (κ1) is 10.9. The average molecular weight is 408 g/mol. The number of rotatable bonds is 0. The summed E-state index contributed by atoms with van der Waals surface area (Å²) in [7, 11) is 0. The maximum absolute atomic E-state index is 11.3. The molecule has 0 radical (unpaired) electrons. The van der Waals surface area contributed by atoms with E-state index in [1.165, 1.54) is 0 Å². The van der Waals surface area contributed by atoms with Gasteiger partial charge in [0.25, 0.3) is 0 Å². The van der Waals surface area contributed by atoms with Crippen LogP contribution in [0.25, 0.3) is 0 Å². The fourth-order valence-electron chi connectivity index (χ4n) is 2.20. The van der Waals surface area contributed by atoms with Crippen molar-refractivity contribution in [2.45, 2.75) is 31.1 Å². The summed E-state index contributed by atoms with van der Waals surface area (Å²) in [6.07, 6.45) is 2.59. The zero-order valence-electron chi connectivity index (χ0n) is 7.17. The molecule has 66 valence electrons. The fraction of sp³-hybridized carbons (Fsp3) is 0.875. The van der Waals surface area contributed by atoms with Gasteiger partial charge < -0.3 is 17.5 Å². The Hall–Kier alpha value is 0.872. The van der Waals surface area contributed by atoms with Crippen LogP contribution in [0.3, 0.4) is 0 Å². The van der Waals surface area contributed by atoms with Crippen molar-refractivity contribution in [3.63, 3.8) is 0 Å². The standard InChI is InChI=1S/C8H13NOS.U/c1-6-4-8(11)3-2-7(10)9(8)5-6;/h6,11H,2-5H2,1H3;/p-1. The maximum Gasteiger partial charge on any atom is 0.221 e. The molecule has 2 aliphatic heterocycles. The van der Waals surface area contributed by atoms with Gasteiger partial charge in [-0.3, -0.25) is 4.79 Å². The Morgan fingerprint density at radius 2 is 2.33 bits per heavy atom. The molecule has 2 nitrogen and oxygen atoms in total. The molecule has 0 aromatic heterocycles. The summed E-state index contributed by atoms with van der Waals surface area (Å²) in [5, 5.41) is 0. The van der Waals surface area contributed by atoms with E-state index >= 15 is 0 Å². The van der Waals surface area contributed by atoms with Gasteiger partial charge in [-0.25, -0.2) is 0 Å². The molecule has 2 unspecified atom stereocenters. The third-order valence-electron chi connectivity index (χ3n) is 2.68. The minimum atomic E-state index is -0.184. The van der Waals surface area contributed by atoms with Crippen molar-refractivity contribution in [1.29, 1.82) is 0 Å². The van der Waals surface area contributed by atoms with Crippen molar-refractivity contribution in [2.24, 2.45) is 5.92 Å². The largest absolute Gasteiger partial charge is 0.765 e. The van der Waals surface area contributed by atoms with Crippen LogP contribution in [0, 0.1) is 37.0 Å². The molecule has 4 heteroatoms. The van der Waals surface area contributed by atoms with Crippen molar-refractivity contribution in [1.82, 2.24) is 4.90 Å². The van der Waals surface area contributed by atoms with Gasteiger partial charge >= 0.3 is 0 Å². The van der Waals surface area contributed by atoms with E-state index in [9.17, 15) is 4.79 Å². The molecule has 0 aromatic carbocycles. The minimum absolute atomic E-state index is 0. The first-order chi connectivity index (χ1) is 5.12. The van der Waals surface area contributed by atoms with E-state index in [0.29, 0.717) is 12.3 Å². The number of carbonyl (C=O) groups excluding carboxylic acids is 1. The van der Waals surface area contributed by atoms with Crippen molar-refractivity contribution < 1.29 is 35.9 Å². The summed E-state index contributed by atoms with van der Waals surface area (Å²) in [4.78, 5) is 13.0. The van der Waals surface area contributed by atoms with Crippen molar-refractivity contribution in [3.8, 4) is 0 Å². The molecule has 2 rings (SSSR count). The topological polar surface area (TPSA) is 20.3 Å². The smallest absolute Gasteiger partial charge is 0.221 e. The molecule has 2 atom stereocenters. The van der Waals surface area contributed by atoms with Gasteiger partial charge in [-0.1, -0.05) is 11.8 Å². The monoisotopic (exact) mass is 408 g/mol. The normalized spacial score (nSPS) is 39.7. The molecule has 2 saturated heterocycles. The molecule has 2 heterocycles. The van der Waals surface area contributed by atoms with E-state index in [4.69, 9.17) is 12.6 Å². The van der Waals surface area contributed by atoms with Gasteiger partial charge in [0, 0.05) is 44.1 Å². The van der Waals surface area contributed by atoms with Crippen LogP contribution in [0.1, 0.15) is 26.2 Å². The zero-order chi connectivity index (χ0) is 8.06. The molecule has 0 bridgehead atoms. The Morgan fingerprint density at radius 3 is 2.92 bits per heavy atom. The van der Waals surface area contributed by atoms with Crippen LogP contribution >= 0.6 is 0 Å². The molecule has 1 amide bonds. The molecule has 0 N–H and O–H groups in total. The van der Waals surface area contributed by atoms with E-state index in [1.807, 2.05) is 4.90 Å². The molecule has 12 heavy (non-hydrogen) atoms. The number of fused-ring (bicyclic) bond motifs is 1. The molecule has 2 aliphatic rings. The Kier molecular flexibility index (Phi) is 3.24. The third-order valence-corrected chi connectivity index (χ3v) is 3.28. The second kappa shape index (κ2) is 3.55. The summed E-state index contributed by atoms with van der Waals surface area (Å²) >= 11 is 5.41. The SMILES string of the molecule is CC1CN2C(=O)CCC2([S-])C1.[U]. The fourth-order valence-corrected chi connectivity index (χ4v) is 2.76. The molecule has 0 saturated carbocycles. The van der Waals surface area contributed by atoms with Crippen LogP contribution in [-0.4, -0.2) is 22.2 Å². The van der Waals surface area contributed by atoms with E-state index in [1.54, 1.807) is 0 Å². The average Bonchev–Trinajstić information content (AvgIpc) is 2.32. The van der Waals surface area contributed by atoms with Crippen LogP contribution < -0.4 is 0 Å². The van der Waals surface area contributed by atoms with Crippen LogP contribution in [0.4, 0.5) is 0 Å². The van der Waals surface area contributed by atoms with E-state index in [-0.39, 0.29) is 41.9 Å². The van der Waals surface area contributed by atoms with Gasteiger partial charge in [0.1, 0.15) is 0 Å². The molecular weight excluding hydrogens is 396 g/mol. The second-order valence-electron chi connectivity index (χ2n) is 3.76. The van der Waals surface area contributed by atoms with Crippen molar-refractivity contribution >= 4 is 18.5 Å². The number of hydrogen-bond donors (Lipinski definition) is 0. The second-order valence-corrected chi connectivity index (χ2v) is 4.52. The number of amides is 1. The van der Waals surface area contributed by atoms with Crippen molar-refractivity contribution in [3.05, 3.63) is 0 Å². The van der Waals surface area contributed by atoms with Gasteiger partial charge in [0.05, 0.1) is 0 Å². The summed E-state index contributed by atoms with van der Waals surface area (Å²) in [6, 6.07) is 0. The van der Waals surface area contributed by atoms with Gasteiger partial charge in [0.15, 0.2) is 0 Å². The minimum Gasteiger partial charge on any atom is -0.765 e. The van der Waals surface area contributed by atoms with E-state index < -0.39 is 0 Å². The Balaban J connectivity index is 0.000000720. The van der Waals surface area contributed by atoms with Crippen LogP contribution in [-0.2, 0) is 17.4 Å². The number of carbonyl (C=O) groups is 1. The Bertz CT molecular complexity index is 211. The predicted molar refractivity (Wildman–Crippen MR) is 44.8 cm³/mol. The van der Waals surface area contributed by atoms with Crippen LogP contribution in [0.5, 0.6) is 0 Å². The Morgan fingerprint density at radius 1 is 1.67 bits per heavy atom. The summed E-state index contributed by atoms with van der Waals surface area (Å²) < 4.78 is 0. The molecule has 2 fully saturated rings. The van der Waals surface area contributed by atoms with E-state index in [2.05, 4.69) is 6.92 Å². The molecule has 0 spiro atoms. The van der Waals surface area contributed by atoms with Gasteiger partial charge in [-0.2, -0.15) is 0 Å². The summed E-state index contributed by atoms with van der Waals surface area (Å²) in [5.74, 6) is 0.876. The third kappa shape index (κ3) is 1.58. The van der Waals surface area contributed by atoms with Gasteiger partial charge in [-0.05, 0) is 18.8 Å². The molecule has 0 aliphatic carbocycles. The summed E-state index contributed by atoms with van der Waals surface area (Å²) in [6.45, 7) is 3.06. The summed E-state index contributed by atoms with van der Waals surface area (Å²) in [5.41, 5.74) is 0. The first-order valence-corrected chi connectivity index (χ1v) is 4.53. The number of hydrogen-bond acceptors (Lipinski definition) is 2. The van der Waals surface area contributed by atoms with E-state index in [0.717, 1.165) is 19.4 Å². The van der Waals surface area contributed by atoms with Crippen molar-refractivity contribution in [2.75, 3.05) is 6.54 Å². The Labute approximate surface area is 102 Å².